The Hall–Kier alpha value is -2.14. The van der Waals surface area contributed by atoms with Crippen LogP contribution in [0.2, 0.25) is 0 Å². The molecule has 0 atom stereocenters. The molecule has 1 aliphatic heterocycles. The van der Waals surface area contributed by atoms with Gasteiger partial charge in [-0.25, -0.2) is 0 Å². The van der Waals surface area contributed by atoms with Crippen LogP contribution in [0, 0.1) is 20.8 Å². The van der Waals surface area contributed by atoms with E-state index in [-0.39, 0.29) is 11.9 Å². The van der Waals surface area contributed by atoms with Crippen LogP contribution in [0.5, 0.6) is 0 Å². The highest BCUT2D eigenvalue weighted by Crippen LogP contribution is 2.18. The van der Waals surface area contributed by atoms with E-state index in [9.17, 15) is 4.79 Å². The predicted octanol–water partition coefficient (Wildman–Crippen LogP) is 2.92. The number of carbonyl (C=O) groups is 1. The molecule has 0 unspecified atom stereocenters. The zero-order valence-electron chi connectivity index (χ0n) is 15.3. The smallest absolute Gasteiger partial charge is 0.224 e. The topological polar surface area (TPSA) is 58.4 Å². The monoisotopic (exact) mass is 341 g/mol. The lowest BCUT2D eigenvalue weighted by molar-refractivity contribution is -0.121. The molecule has 1 amide bonds. The first-order valence-electron chi connectivity index (χ1n) is 9.00. The highest BCUT2D eigenvalue weighted by molar-refractivity contribution is 5.78. The summed E-state index contributed by atoms with van der Waals surface area (Å²) in [5, 5.41) is 7.22. The van der Waals surface area contributed by atoms with E-state index in [0.717, 1.165) is 49.5 Å². The summed E-state index contributed by atoms with van der Waals surface area (Å²) in [6.07, 6.45) is 2.44. The van der Waals surface area contributed by atoms with E-state index in [1.165, 1.54) is 11.1 Å². The van der Waals surface area contributed by atoms with Gasteiger partial charge in [0.2, 0.25) is 5.91 Å². The number of hydrogen-bond acceptors (Lipinski definition) is 4. The molecule has 0 aliphatic carbocycles. The lowest BCUT2D eigenvalue weighted by atomic mass is 10.0. The van der Waals surface area contributed by atoms with Gasteiger partial charge in [0.25, 0.3) is 0 Å². The summed E-state index contributed by atoms with van der Waals surface area (Å²) < 4.78 is 5.24. The summed E-state index contributed by atoms with van der Waals surface area (Å²) in [5.74, 6) is 1.03. The number of carbonyl (C=O) groups excluding carboxylic acids is 1. The molecule has 1 aromatic heterocycles. The Labute approximate surface area is 149 Å². The summed E-state index contributed by atoms with van der Waals surface area (Å²) in [4.78, 5) is 14.7. The molecule has 1 saturated heterocycles. The van der Waals surface area contributed by atoms with Crippen LogP contribution in [0.3, 0.4) is 0 Å². The van der Waals surface area contributed by atoms with E-state index in [1.807, 2.05) is 26.0 Å². The first kappa shape index (κ1) is 17.7. The third-order valence-corrected chi connectivity index (χ3v) is 4.96. The van der Waals surface area contributed by atoms with Crippen molar-refractivity contribution in [2.24, 2.45) is 0 Å². The van der Waals surface area contributed by atoms with Crippen LogP contribution in [0.25, 0.3) is 0 Å². The average molecular weight is 341 g/mol. The van der Waals surface area contributed by atoms with Gasteiger partial charge in [-0.1, -0.05) is 35.0 Å². The maximum Gasteiger partial charge on any atom is 0.224 e. The van der Waals surface area contributed by atoms with Crippen molar-refractivity contribution in [3.63, 3.8) is 0 Å². The Morgan fingerprint density at radius 3 is 2.68 bits per heavy atom. The van der Waals surface area contributed by atoms with Gasteiger partial charge in [0.05, 0.1) is 12.1 Å². The summed E-state index contributed by atoms with van der Waals surface area (Å²) >= 11 is 0. The predicted molar refractivity (Wildman–Crippen MR) is 97.3 cm³/mol. The number of amides is 1. The van der Waals surface area contributed by atoms with E-state index >= 15 is 0 Å². The number of aromatic nitrogens is 1. The van der Waals surface area contributed by atoms with Crippen molar-refractivity contribution in [1.29, 1.82) is 0 Å². The minimum absolute atomic E-state index is 0.120. The van der Waals surface area contributed by atoms with Crippen LogP contribution in [0.15, 0.2) is 28.8 Å². The first-order chi connectivity index (χ1) is 12.0. The third-order valence-electron chi connectivity index (χ3n) is 4.96. The highest BCUT2D eigenvalue weighted by atomic mass is 16.5. The van der Waals surface area contributed by atoms with Crippen molar-refractivity contribution in [3.8, 4) is 0 Å². The van der Waals surface area contributed by atoms with E-state index in [4.69, 9.17) is 4.52 Å². The van der Waals surface area contributed by atoms with E-state index in [2.05, 4.69) is 34.4 Å². The van der Waals surface area contributed by atoms with Crippen molar-refractivity contribution < 1.29 is 9.32 Å². The summed E-state index contributed by atoms with van der Waals surface area (Å²) in [5.41, 5.74) is 4.44. The molecule has 3 rings (SSSR count). The molecular formula is C20H27N3O2. The lowest BCUT2D eigenvalue weighted by Crippen LogP contribution is -2.44. The molecule has 134 valence electrons. The van der Waals surface area contributed by atoms with Gasteiger partial charge in [0.15, 0.2) is 0 Å². The van der Waals surface area contributed by atoms with Crippen LogP contribution in [0.1, 0.15) is 41.0 Å². The molecule has 25 heavy (non-hydrogen) atoms. The number of benzene rings is 1. The summed E-state index contributed by atoms with van der Waals surface area (Å²) in [6.45, 7) is 8.86. The van der Waals surface area contributed by atoms with Crippen LogP contribution >= 0.6 is 0 Å². The fourth-order valence-electron chi connectivity index (χ4n) is 3.47. The zero-order chi connectivity index (χ0) is 17.8. The molecule has 2 heterocycles. The van der Waals surface area contributed by atoms with Gasteiger partial charge in [-0.3, -0.25) is 9.69 Å². The van der Waals surface area contributed by atoms with Gasteiger partial charge < -0.3 is 9.84 Å². The maximum absolute atomic E-state index is 12.3. The normalized spacial score (nSPS) is 16.1. The number of aryl methyl sites for hydroxylation is 3. The molecule has 1 fully saturated rings. The molecule has 5 nitrogen and oxygen atoms in total. The molecule has 0 bridgehead atoms. The Kier molecular flexibility index (Phi) is 5.53. The Morgan fingerprint density at radius 2 is 2.04 bits per heavy atom. The molecule has 2 aromatic rings. The summed E-state index contributed by atoms with van der Waals surface area (Å²) in [6, 6.07) is 8.42. The van der Waals surface area contributed by atoms with Gasteiger partial charge >= 0.3 is 0 Å². The number of nitrogens with zero attached hydrogens (tertiary/aromatic N) is 2. The number of rotatable bonds is 5. The average Bonchev–Trinajstić information content (AvgIpc) is 2.88. The van der Waals surface area contributed by atoms with Crippen molar-refractivity contribution in [3.05, 3.63) is 52.4 Å². The number of likely N-dealkylation sites (tertiary alicyclic amines) is 1. The van der Waals surface area contributed by atoms with Crippen molar-refractivity contribution in [2.45, 2.75) is 52.6 Å². The maximum atomic E-state index is 12.3. The van der Waals surface area contributed by atoms with Crippen molar-refractivity contribution in [1.82, 2.24) is 15.4 Å². The van der Waals surface area contributed by atoms with Crippen LogP contribution < -0.4 is 5.32 Å². The second kappa shape index (κ2) is 7.83. The molecular weight excluding hydrogens is 314 g/mol. The minimum atomic E-state index is 0.120. The van der Waals surface area contributed by atoms with Crippen molar-refractivity contribution in [2.75, 3.05) is 13.1 Å². The minimum Gasteiger partial charge on any atom is -0.361 e. The van der Waals surface area contributed by atoms with Crippen LogP contribution in [-0.2, 0) is 17.8 Å². The van der Waals surface area contributed by atoms with Crippen LogP contribution in [0.4, 0.5) is 0 Å². The quantitative estimate of drug-likeness (QED) is 0.908. The van der Waals surface area contributed by atoms with Gasteiger partial charge in [0, 0.05) is 31.2 Å². The number of hydrogen-bond donors (Lipinski definition) is 1. The van der Waals surface area contributed by atoms with Gasteiger partial charge in [0.1, 0.15) is 5.76 Å². The first-order valence-corrected chi connectivity index (χ1v) is 9.00. The third kappa shape index (κ3) is 4.69. The molecule has 0 saturated carbocycles. The molecule has 5 heteroatoms. The molecule has 0 spiro atoms. The SMILES string of the molecule is Cc1cccc(CC(=O)NC2CCN(Cc3c(C)noc3C)CC2)c1. The fourth-order valence-corrected chi connectivity index (χ4v) is 3.47. The highest BCUT2D eigenvalue weighted by Gasteiger charge is 2.22. The van der Waals surface area contributed by atoms with Crippen LogP contribution in [-0.4, -0.2) is 35.1 Å². The largest absolute Gasteiger partial charge is 0.361 e. The van der Waals surface area contributed by atoms with E-state index in [1.54, 1.807) is 0 Å². The van der Waals surface area contributed by atoms with E-state index in [0.29, 0.717) is 6.42 Å². The fraction of sp³-hybridized carbons (Fsp3) is 0.500. The summed E-state index contributed by atoms with van der Waals surface area (Å²) in [7, 11) is 0. The van der Waals surface area contributed by atoms with Gasteiger partial charge in [-0.05, 0) is 39.2 Å². The second-order valence-electron chi connectivity index (χ2n) is 7.09. The Balaban J connectivity index is 1.45. The zero-order valence-corrected chi connectivity index (χ0v) is 15.3. The molecule has 1 aromatic carbocycles. The molecule has 1 N–H and O–H groups in total. The van der Waals surface area contributed by atoms with Gasteiger partial charge in [-0.15, -0.1) is 0 Å². The Morgan fingerprint density at radius 1 is 1.28 bits per heavy atom. The van der Waals surface area contributed by atoms with Gasteiger partial charge in [-0.2, -0.15) is 0 Å². The standard InChI is InChI=1S/C20H27N3O2/c1-14-5-4-6-17(11-14)12-20(24)21-18-7-9-23(10-8-18)13-19-15(2)22-25-16(19)3/h4-6,11,18H,7-10,12-13H2,1-3H3,(H,21,24). The second-order valence-corrected chi connectivity index (χ2v) is 7.09. The lowest BCUT2D eigenvalue weighted by Gasteiger charge is -2.32. The number of piperidine rings is 1. The van der Waals surface area contributed by atoms with E-state index < -0.39 is 0 Å². The molecule has 1 aliphatic rings. The van der Waals surface area contributed by atoms with Crippen molar-refractivity contribution >= 4 is 5.91 Å². The molecule has 0 radical (unpaired) electrons. The Bertz CT molecular complexity index is 711. The number of nitrogens with one attached hydrogen (secondary N) is 1.